The second-order valence-electron chi connectivity index (χ2n) is 3.80. The number of esters is 1. The summed E-state index contributed by atoms with van der Waals surface area (Å²) < 4.78 is 15.0. The van der Waals surface area contributed by atoms with Gasteiger partial charge in [0.25, 0.3) is 0 Å². The maximum Gasteiger partial charge on any atom is 0.322 e. The van der Waals surface area contributed by atoms with Gasteiger partial charge in [0.2, 0.25) is 0 Å². The molecule has 5 heteroatoms. The highest BCUT2D eigenvalue weighted by Crippen LogP contribution is 2.24. The monoisotopic (exact) mass is 253 g/mol. The lowest BCUT2D eigenvalue weighted by molar-refractivity contribution is -0.142. The topological polar surface area (TPSA) is 56.8 Å². The van der Waals surface area contributed by atoms with E-state index >= 15 is 0 Å². The molecule has 0 aliphatic heterocycles. The average molecular weight is 253 g/mol. The Hall–Kier alpha value is -1.75. The summed E-state index contributed by atoms with van der Waals surface area (Å²) in [5.74, 6) is 1.16. The molecule has 0 amide bonds. The molecule has 1 atom stereocenters. The van der Waals surface area contributed by atoms with Gasteiger partial charge >= 0.3 is 5.97 Å². The fourth-order valence-corrected chi connectivity index (χ4v) is 1.52. The van der Waals surface area contributed by atoms with Crippen LogP contribution in [0.15, 0.2) is 18.2 Å². The van der Waals surface area contributed by atoms with Gasteiger partial charge in [0.05, 0.1) is 21.3 Å². The molecule has 1 rings (SSSR count). The molecule has 0 aliphatic rings. The summed E-state index contributed by atoms with van der Waals surface area (Å²) in [7, 11) is 4.57. The first-order valence-corrected chi connectivity index (χ1v) is 5.64. The summed E-state index contributed by atoms with van der Waals surface area (Å²) >= 11 is 0. The molecule has 1 aromatic carbocycles. The zero-order valence-corrected chi connectivity index (χ0v) is 11.1. The lowest BCUT2D eigenvalue weighted by Crippen LogP contribution is -2.34. The molecule has 5 nitrogen and oxygen atoms in total. The largest absolute Gasteiger partial charge is 0.497 e. The molecular weight excluding hydrogens is 234 g/mol. The van der Waals surface area contributed by atoms with Gasteiger partial charge in [-0.25, -0.2) is 0 Å². The SMILES string of the molecule is COC(=O)C(C)NCc1ccc(OC)cc1OC. The molecule has 0 saturated carbocycles. The molecule has 1 N–H and O–H groups in total. The molecule has 0 heterocycles. The molecule has 0 aromatic heterocycles. The fraction of sp³-hybridized carbons (Fsp3) is 0.462. The second kappa shape index (κ2) is 6.86. The van der Waals surface area contributed by atoms with E-state index in [1.54, 1.807) is 27.2 Å². The number of hydrogen-bond acceptors (Lipinski definition) is 5. The summed E-state index contributed by atoms with van der Waals surface area (Å²) in [6, 6.07) is 5.19. The Balaban J connectivity index is 2.69. The van der Waals surface area contributed by atoms with Crippen LogP contribution in [-0.2, 0) is 16.1 Å². The summed E-state index contributed by atoms with van der Waals surface area (Å²) in [6.45, 7) is 2.27. The van der Waals surface area contributed by atoms with Crippen LogP contribution in [0.2, 0.25) is 0 Å². The maximum absolute atomic E-state index is 11.3. The lowest BCUT2D eigenvalue weighted by atomic mass is 10.1. The maximum atomic E-state index is 11.3. The molecule has 0 fully saturated rings. The molecule has 100 valence electrons. The van der Waals surface area contributed by atoms with Crippen molar-refractivity contribution >= 4 is 5.97 Å². The van der Waals surface area contributed by atoms with Crippen LogP contribution >= 0.6 is 0 Å². The molecule has 1 aromatic rings. The van der Waals surface area contributed by atoms with Crippen LogP contribution in [0, 0.1) is 0 Å². The molecule has 0 aliphatic carbocycles. The second-order valence-corrected chi connectivity index (χ2v) is 3.80. The van der Waals surface area contributed by atoms with Gasteiger partial charge in [0.1, 0.15) is 17.5 Å². The molecule has 0 spiro atoms. The molecule has 1 unspecified atom stereocenters. The first kappa shape index (κ1) is 14.3. The van der Waals surface area contributed by atoms with Crippen molar-refractivity contribution in [1.29, 1.82) is 0 Å². The van der Waals surface area contributed by atoms with E-state index in [2.05, 4.69) is 10.1 Å². The first-order valence-electron chi connectivity index (χ1n) is 5.64. The zero-order valence-electron chi connectivity index (χ0n) is 11.1. The predicted octanol–water partition coefficient (Wildman–Crippen LogP) is 1.35. The Kier molecular flexibility index (Phi) is 5.45. The Morgan fingerprint density at radius 2 is 2.00 bits per heavy atom. The third kappa shape index (κ3) is 3.63. The van der Waals surface area contributed by atoms with Crippen LogP contribution in [0.3, 0.4) is 0 Å². The van der Waals surface area contributed by atoms with Crippen molar-refractivity contribution in [2.75, 3.05) is 21.3 Å². The zero-order chi connectivity index (χ0) is 13.5. The highest BCUT2D eigenvalue weighted by molar-refractivity contribution is 5.75. The molecular formula is C13H19NO4. The number of ether oxygens (including phenoxy) is 3. The van der Waals surface area contributed by atoms with E-state index in [-0.39, 0.29) is 12.0 Å². The minimum absolute atomic E-state index is 0.289. The minimum Gasteiger partial charge on any atom is -0.497 e. The Labute approximate surface area is 107 Å². The highest BCUT2D eigenvalue weighted by atomic mass is 16.5. The van der Waals surface area contributed by atoms with Gasteiger partial charge < -0.3 is 19.5 Å². The summed E-state index contributed by atoms with van der Waals surface area (Å²) in [4.78, 5) is 11.3. The van der Waals surface area contributed by atoms with Crippen molar-refractivity contribution in [3.05, 3.63) is 23.8 Å². The van der Waals surface area contributed by atoms with Gasteiger partial charge in [0.15, 0.2) is 0 Å². The average Bonchev–Trinajstić information content (AvgIpc) is 2.43. The third-order valence-electron chi connectivity index (χ3n) is 2.65. The van der Waals surface area contributed by atoms with Crippen molar-refractivity contribution in [1.82, 2.24) is 5.32 Å². The van der Waals surface area contributed by atoms with E-state index < -0.39 is 0 Å². The number of carbonyl (C=O) groups is 1. The summed E-state index contributed by atoms with van der Waals surface area (Å²) in [6.07, 6.45) is 0. The Morgan fingerprint density at radius 1 is 1.28 bits per heavy atom. The van der Waals surface area contributed by atoms with E-state index in [0.29, 0.717) is 6.54 Å². The van der Waals surface area contributed by atoms with Gasteiger partial charge in [-0.3, -0.25) is 4.79 Å². The Morgan fingerprint density at radius 3 is 2.56 bits per heavy atom. The van der Waals surface area contributed by atoms with Crippen LogP contribution in [0.1, 0.15) is 12.5 Å². The number of carbonyl (C=O) groups excluding carboxylic acids is 1. The smallest absolute Gasteiger partial charge is 0.322 e. The molecule has 18 heavy (non-hydrogen) atoms. The predicted molar refractivity (Wildman–Crippen MR) is 67.9 cm³/mol. The number of methoxy groups -OCH3 is 3. The van der Waals surface area contributed by atoms with E-state index in [1.807, 2.05) is 12.1 Å². The van der Waals surface area contributed by atoms with Crippen LogP contribution in [0.5, 0.6) is 11.5 Å². The van der Waals surface area contributed by atoms with Crippen molar-refractivity contribution in [3.8, 4) is 11.5 Å². The van der Waals surface area contributed by atoms with E-state index in [0.717, 1.165) is 17.1 Å². The number of rotatable bonds is 6. The van der Waals surface area contributed by atoms with Crippen molar-refractivity contribution in [2.24, 2.45) is 0 Å². The highest BCUT2D eigenvalue weighted by Gasteiger charge is 2.13. The Bertz CT molecular complexity index is 406. The molecule has 0 bridgehead atoms. The van der Waals surface area contributed by atoms with Crippen molar-refractivity contribution < 1.29 is 19.0 Å². The minimum atomic E-state index is -0.359. The van der Waals surface area contributed by atoms with Crippen LogP contribution in [-0.4, -0.2) is 33.3 Å². The summed E-state index contributed by atoms with van der Waals surface area (Å²) in [5, 5.41) is 3.07. The molecule has 0 radical (unpaired) electrons. The summed E-state index contributed by atoms with van der Waals surface area (Å²) in [5.41, 5.74) is 0.953. The van der Waals surface area contributed by atoms with Crippen molar-refractivity contribution in [3.63, 3.8) is 0 Å². The number of benzene rings is 1. The van der Waals surface area contributed by atoms with E-state index in [4.69, 9.17) is 9.47 Å². The van der Waals surface area contributed by atoms with Crippen LogP contribution in [0.4, 0.5) is 0 Å². The molecule has 0 saturated heterocycles. The quantitative estimate of drug-likeness (QED) is 0.776. The van der Waals surface area contributed by atoms with Crippen molar-refractivity contribution in [2.45, 2.75) is 19.5 Å². The number of hydrogen-bond donors (Lipinski definition) is 1. The number of nitrogens with one attached hydrogen (secondary N) is 1. The third-order valence-corrected chi connectivity index (χ3v) is 2.65. The fourth-order valence-electron chi connectivity index (χ4n) is 1.52. The standard InChI is InChI=1S/C13H19NO4/c1-9(13(15)18-4)14-8-10-5-6-11(16-2)7-12(10)17-3/h5-7,9,14H,8H2,1-4H3. The first-order chi connectivity index (χ1) is 8.62. The van der Waals surface area contributed by atoms with Crippen LogP contribution in [0.25, 0.3) is 0 Å². The normalized spacial score (nSPS) is 11.8. The van der Waals surface area contributed by atoms with Gasteiger partial charge in [-0.15, -0.1) is 0 Å². The van der Waals surface area contributed by atoms with Gasteiger partial charge in [0, 0.05) is 18.2 Å². The van der Waals surface area contributed by atoms with Gasteiger partial charge in [-0.05, 0) is 13.0 Å². The van der Waals surface area contributed by atoms with Gasteiger partial charge in [-0.1, -0.05) is 6.07 Å². The van der Waals surface area contributed by atoms with Crippen LogP contribution < -0.4 is 14.8 Å². The van der Waals surface area contributed by atoms with Gasteiger partial charge in [-0.2, -0.15) is 0 Å². The van der Waals surface area contributed by atoms with E-state index in [9.17, 15) is 4.79 Å². The lowest BCUT2D eigenvalue weighted by Gasteiger charge is -2.14. The van der Waals surface area contributed by atoms with E-state index in [1.165, 1.54) is 7.11 Å².